The maximum atomic E-state index is 13.0. The Labute approximate surface area is 145 Å². The first-order valence-corrected chi connectivity index (χ1v) is 9.07. The van der Waals surface area contributed by atoms with E-state index in [1.54, 1.807) is 11.3 Å². The van der Waals surface area contributed by atoms with E-state index in [0.717, 1.165) is 44.6 Å². The number of hydrogen-bond donors (Lipinski definition) is 0. The van der Waals surface area contributed by atoms with Crippen LogP contribution in [0.2, 0.25) is 4.47 Å². The summed E-state index contributed by atoms with van der Waals surface area (Å²) < 4.78 is 13.6. The van der Waals surface area contributed by atoms with Crippen molar-refractivity contribution in [3.05, 3.63) is 51.2 Å². The lowest BCUT2D eigenvalue weighted by Gasteiger charge is -2.36. The normalized spacial score (nSPS) is 17.0. The first-order chi connectivity index (χ1) is 11.1. The molecule has 2 aromatic rings. The van der Waals surface area contributed by atoms with Gasteiger partial charge in [-0.05, 0) is 37.6 Å². The summed E-state index contributed by atoms with van der Waals surface area (Å²) in [4.78, 5) is 10.2. The zero-order valence-corrected chi connectivity index (χ0v) is 14.8. The average Bonchev–Trinajstić information content (AvgIpc) is 2.95. The van der Waals surface area contributed by atoms with Gasteiger partial charge in [-0.1, -0.05) is 23.7 Å². The van der Waals surface area contributed by atoms with Crippen molar-refractivity contribution in [2.45, 2.75) is 32.0 Å². The molecule has 0 N–H and O–H groups in total. The van der Waals surface area contributed by atoms with E-state index >= 15 is 0 Å². The molecule has 1 aromatic heterocycles. The number of benzene rings is 1. The number of rotatable bonds is 5. The second kappa shape index (κ2) is 7.71. The Morgan fingerprint density at radius 1 is 1.30 bits per heavy atom. The average molecular weight is 354 g/mol. The molecule has 124 valence electrons. The molecule has 23 heavy (non-hydrogen) atoms. The minimum Gasteiger partial charge on any atom is -0.299 e. The van der Waals surface area contributed by atoms with Crippen molar-refractivity contribution < 1.29 is 4.39 Å². The van der Waals surface area contributed by atoms with E-state index in [0.29, 0.717) is 10.5 Å². The third-order valence-electron chi connectivity index (χ3n) is 4.43. The van der Waals surface area contributed by atoms with Gasteiger partial charge in [0.05, 0.1) is 0 Å². The molecule has 1 aromatic carbocycles. The molecule has 1 aliphatic rings. The van der Waals surface area contributed by atoms with Gasteiger partial charge >= 0.3 is 0 Å². The van der Waals surface area contributed by atoms with Gasteiger partial charge in [-0.3, -0.25) is 9.80 Å². The summed E-state index contributed by atoms with van der Waals surface area (Å²) in [5, 5.41) is 0. The summed E-state index contributed by atoms with van der Waals surface area (Å²) in [6.45, 7) is 4.00. The molecule has 0 radical (unpaired) electrons. The summed E-state index contributed by atoms with van der Waals surface area (Å²) in [7, 11) is 2.16. The monoisotopic (exact) mass is 353 g/mol. The van der Waals surface area contributed by atoms with Gasteiger partial charge in [0.25, 0.3) is 0 Å². The minimum atomic E-state index is -0.173. The molecular formula is C17H21ClFN3S. The van der Waals surface area contributed by atoms with Crippen molar-refractivity contribution in [2.75, 3.05) is 20.1 Å². The fourth-order valence-electron chi connectivity index (χ4n) is 3.10. The van der Waals surface area contributed by atoms with Gasteiger partial charge in [-0.25, -0.2) is 9.37 Å². The maximum absolute atomic E-state index is 13.0. The third kappa shape index (κ3) is 4.73. The lowest BCUT2D eigenvalue weighted by molar-refractivity contribution is 0.120. The molecular weight excluding hydrogens is 333 g/mol. The maximum Gasteiger partial charge on any atom is 0.183 e. The Morgan fingerprint density at radius 2 is 2.00 bits per heavy atom. The fraction of sp³-hybridized carbons (Fsp3) is 0.471. The lowest BCUT2D eigenvalue weighted by atomic mass is 10.0. The zero-order valence-electron chi connectivity index (χ0n) is 13.2. The molecule has 6 heteroatoms. The van der Waals surface area contributed by atoms with Gasteiger partial charge in [0.2, 0.25) is 0 Å². The number of hydrogen-bond acceptors (Lipinski definition) is 4. The molecule has 1 saturated heterocycles. The number of aromatic nitrogens is 1. The topological polar surface area (TPSA) is 19.4 Å². The quantitative estimate of drug-likeness (QED) is 0.809. The number of thiazole rings is 1. The molecule has 1 aliphatic heterocycles. The Morgan fingerprint density at radius 3 is 2.61 bits per heavy atom. The fourth-order valence-corrected chi connectivity index (χ4v) is 4.12. The van der Waals surface area contributed by atoms with Crippen molar-refractivity contribution in [3.8, 4) is 0 Å². The summed E-state index contributed by atoms with van der Waals surface area (Å²) in [5.74, 6) is -0.173. The van der Waals surface area contributed by atoms with Gasteiger partial charge in [-0.2, -0.15) is 0 Å². The first kappa shape index (κ1) is 16.8. The predicted molar refractivity (Wildman–Crippen MR) is 93.3 cm³/mol. The van der Waals surface area contributed by atoms with Crippen LogP contribution in [0, 0.1) is 5.82 Å². The molecule has 0 aliphatic carbocycles. The summed E-state index contributed by atoms with van der Waals surface area (Å²) >= 11 is 7.45. The van der Waals surface area contributed by atoms with Crippen LogP contribution in [-0.2, 0) is 13.1 Å². The van der Waals surface area contributed by atoms with E-state index in [1.807, 2.05) is 18.3 Å². The van der Waals surface area contributed by atoms with E-state index < -0.39 is 0 Å². The minimum absolute atomic E-state index is 0.173. The van der Waals surface area contributed by atoms with Crippen LogP contribution < -0.4 is 0 Å². The summed E-state index contributed by atoms with van der Waals surface area (Å²) in [6, 6.07) is 7.39. The highest BCUT2D eigenvalue weighted by molar-refractivity contribution is 7.15. The van der Waals surface area contributed by atoms with Crippen LogP contribution in [0.4, 0.5) is 4.39 Å². The highest BCUT2D eigenvalue weighted by Crippen LogP contribution is 2.23. The standard InChI is InChI=1S/C17H21ClFN3S/c1-21(11-13-2-4-14(19)5-3-13)15-6-8-22(9-7-15)12-16-10-20-17(18)23-16/h2-5,10,15H,6-9,11-12H2,1H3. The molecule has 3 nitrogen and oxygen atoms in total. The highest BCUT2D eigenvalue weighted by atomic mass is 35.5. The van der Waals surface area contributed by atoms with Gasteiger partial charge in [0.1, 0.15) is 5.82 Å². The van der Waals surface area contributed by atoms with Crippen LogP contribution in [0.1, 0.15) is 23.3 Å². The van der Waals surface area contributed by atoms with E-state index in [1.165, 1.54) is 17.0 Å². The molecule has 1 fully saturated rings. The van der Waals surface area contributed by atoms with Gasteiger partial charge in [-0.15, -0.1) is 11.3 Å². The van der Waals surface area contributed by atoms with Crippen molar-refractivity contribution in [3.63, 3.8) is 0 Å². The van der Waals surface area contributed by atoms with Crippen LogP contribution in [0.3, 0.4) is 0 Å². The number of piperidine rings is 1. The molecule has 2 heterocycles. The third-order valence-corrected chi connectivity index (χ3v) is 5.53. The molecule has 0 atom stereocenters. The van der Waals surface area contributed by atoms with Crippen molar-refractivity contribution >= 4 is 22.9 Å². The van der Waals surface area contributed by atoms with Crippen molar-refractivity contribution in [1.82, 2.24) is 14.8 Å². The Balaban J connectivity index is 1.47. The van der Waals surface area contributed by atoms with Crippen molar-refractivity contribution in [2.24, 2.45) is 0 Å². The second-order valence-corrected chi connectivity index (χ2v) is 7.83. The highest BCUT2D eigenvalue weighted by Gasteiger charge is 2.22. The second-order valence-electron chi connectivity index (χ2n) is 6.13. The largest absolute Gasteiger partial charge is 0.299 e. The molecule has 0 bridgehead atoms. The van der Waals surface area contributed by atoms with E-state index in [9.17, 15) is 4.39 Å². The summed E-state index contributed by atoms with van der Waals surface area (Å²) in [6.07, 6.45) is 4.19. The zero-order chi connectivity index (χ0) is 16.2. The van der Waals surface area contributed by atoms with Crippen LogP contribution in [0.15, 0.2) is 30.5 Å². The number of likely N-dealkylation sites (tertiary alicyclic amines) is 1. The molecule has 0 spiro atoms. The first-order valence-electron chi connectivity index (χ1n) is 7.87. The van der Waals surface area contributed by atoms with Crippen molar-refractivity contribution in [1.29, 1.82) is 0 Å². The van der Waals surface area contributed by atoms with Crippen LogP contribution in [0.5, 0.6) is 0 Å². The predicted octanol–water partition coefficient (Wildman–Crippen LogP) is 4.03. The van der Waals surface area contributed by atoms with Crippen LogP contribution in [0.25, 0.3) is 0 Å². The molecule has 3 rings (SSSR count). The van der Waals surface area contributed by atoms with Gasteiger partial charge < -0.3 is 0 Å². The lowest BCUT2D eigenvalue weighted by Crippen LogP contribution is -2.42. The van der Waals surface area contributed by atoms with Gasteiger partial charge in [0.15, 0.2) is 4.47 Å². The Bertz CT molecular complexity index is 623. The van der Waals surface area contributed by atoms with E-state index in [2.05, 4.69) is 21.8 Å². The van der Waals surface area contributed by atoms with Gasteiger partial charge in [0, 0.05) is 43.3 Å². The number of nitrogens with zero attached hydrogens (tertiary/aromatic N) is 3. The molecule has 0 saturated carbocycles. The smallest absolute Gasteiger partial charge is 0.183 e. The van der Waals surface area contributed by atoms with Crippen LogP contribution in [-0.4, -0.2) is 41.0 Å². The number of halogens is 2. The Hall–Kier alpha value is -1.01. The molecule has 0 unspecified atom stereocenters. The van der Waals surface area contributed by atoms with E-state index in [-0.39, 0.29) is 5.82 Å². The molecule has 0 amide bonds. The van der Waals surface area contributed by atoms with Crippen LogP contribution >= 0.6 is 22.9 Å². The SMILES string of the molecule is CN(Cc1ccc(F)cc1)C1CCN(Cc2cnc(Cl)s2)CC1. The van der Waals surface area contributed by atoms with E-state index in [4.69, 9.17) is 11.6 Å². The summed E-state index contributed by atoms with van der Waals surface area (Å²) in [5.41, 5.74) is 1.16. The Kier molecular flexibility index (Phi) is 5.64.